The molecule has 0 bridgehead atoms. The molecule has 8 nitrogen and oxygen atoms in total. The van der Waals surface area contributed by atoms with Crippen molar-refractivity contribution in [2.75, 3.05) is 26.7 Å². The lowest BCUT2D eigenvalue weighted by Gasteiger charge is -2.26. The van der Waals surface area contributed by atoms with Crippen LogP contribution in [0.5, 0.6) is 0 Å². The summed E-state index contributed by atoms with van der Waals surface area (Å²) in [5, 5.41) is 8.63. The highest BCUT2D eigenvalue weighted by Gasteiger charge is 2.41. The summed E-state index contributed by atoms with van der Waals surface area (Å²) in [4.78, 5) is 22.3. The van der Waals surface area contributed by atoms with Gasteiger partial charge in [0, 0.05) is 13.6 Å². The van der Waals surface area contributed by atoms with Crippen molar-refractivity contribution in [1.29, 1.82) is 0 Å². The molecule has 0 aliphatic carbocycles. The number of carboxylic acids is 1. The fourth-order valence-corrected chi connectivity index (χ4v) is 3.45. The number of hydrogen-bond donors (Lipinski definition) is 1. The van der Waals surface area contributed by atoms with Gasteiger partial charge >= 0.3 is 11.9 Å². The number of likely N-dealkylation sites (N-methyl/N-ethyl adjacent to an activating group) is 1. The van der Waals surface area contributed by atoms with E-state index in [0.717, 1.165) is 4.31 Å². The van der Waals surface area contributed by atoms with Crippen LogP contribution in [0.4, 0.5) is 0 Å². The fourth-order valence-electron chi connectivity index (χ4n) is 1.94. The smallest absolute Gasteiger partial charge is 0.324 e. The van der Waals surface area contributed by atoms with Crippen LogP contribution in [0.2, 0.25) is 0 Å². The molecule has 1 saturated heterocycles. The molecule has 19 heavy (non-hydrogen) atoms. The molecule has 0 aromatic heterocycles. The predicted molar refractivity (Wildman–Crippen MR) is 65.5 cm³/mol. The van der Waals surface area contributed by atoms with Crippen molar-refractivity contribution in [3.05, 3.63) is 0 Å². The molecule has 9 heteroatoms. The van der Waals surface area contributed by atoms with Crippen molar-refractivity contribution in [3.8, 4) is 0 Å². The van der Waals surface area contributed by atoms with Crippen LogP contribution >= 0.6 is 0 Å². The maximum absolute atomic E-state index is 12.2. The Balaban J connectivity index is 2.87. The van der Waals surface area contributed by atoms with Crippen molar-refractivity contribution >= 4 is 22.1 Å². The van der Waals surface area contributed by atoms with E-state index in [1.165, 1.54) is 7.05 Å². The van der Waals surface area contributed by atoms with E-state index in [9.17, 15) is 18.0 Å². The van der Waals surface area contributed by atoms with Crippen molar-refractivity contribution < 1.29 is 27.9 Å². The van der Waals surface area contributed by atoms with E-state index in [1.807, 2.05) is 0 Å². The van der Waals surface area contributed by atoms with E-state index in [1.54, 1.807) is 6.92 Å². The lowest BCUT2D eigenvalue weighted by atomic mass is 10.2. The van der Waals surface area contributed by atoms with Crippen LogP contribution in [0.3, 0.4) is 0 Å². The van der Waals surface area contributed by atoms with Gasteiger partial charge in [-0.15, -0.1) is 0 Å². The Morgan fingerprint density at radius 3 is 2.63 bits per heavy atom. The van der Waals surface area contributed by atoms with Crippen LogP contribution in [0.15, 0.2) is 0 Å². The molecule has 1 N–H and O–H groups in total. The number of hydrogen-bond acceptors (Lipinski definition) is 5. The second-order valence-electron chi connectivity index (χ2n) is 4.18. The van der Waals surface area contributed by atoms with Crippen molar-refractivity contribution in [3.63, 3.8) is 0 Å². The summed E-state index contributed by atoms with van der Waals surface area (Å²) in [6.45, 7) is 1.36. The molecule has 0 radical (unpaired) electrons. The quantitative estimate of drug-likeness (QED) is 0.648. The molecule has 0 aromatic carbocycles. The Labute approximate surface area is 112 Å². The van der Waals surface area contributed by atoms with Gasteiger partial charge < -0.3 is 9.84 Å². The van der Waals surface area contributed by atoms with Crippen molar-refractivity contribution in [2.45, 2.75) is 25.8 Å². The molecule has 1 fully saturated rings. The number of carboxylic acid groups (broad SMARTS) is 1. The van der Waals surface area contributed by atoms with Gasteiger partial charge in [-0.2, -0.15) is 17.0 Å². The minimum atomic E-state index is -3.96. The predicted octanol–water partition coefficient (Wildman–Crippen LogP) is -0.725. The Kier molecular flexibility index (Phi) is 5.27. The van der Waals surface area contributed by atoms with Gasteiger partial charge in [-0.1, -0.05) is 0 Å². The highest BCUT2D eigenvalue weighted by Crippen LogP contribution is 2.23. The fraction of sp³-hybridized carbons (Fsp3) is 0.800. The summed E-state index contributed by atoms with van der Waals surface area (Å²) < 4.78 is 30.9. The van der Waals surface area contributed by atoms with Crippen LogP contribution in [-0.2, 0) is 24.5 Å². The molecule has 1 aliphatic rings. The van der Waals surface area contributed by atoms with Crippen LogP contribution in [-0.4, -0.2) is 66.9 Å². The average Bonchev–Trinajstić information content (AvgIpc) is 2.77. The maximum Gasteiger partial charge on any atom is 0.324 e. The number of ether oxygens (including phenoxy) is 1. The monoisotopic (exact) mass is 294 g/mol. The number of carbonyl (C=O) groups excluding carboxylic acids is 1. The first-order valence-corrected chi connectivity index (χ1v) is 7.32. The zero-order valence-electron chi connectivity index (χ0n) is 10.9. The third-order valence-corrected chi connectivity index (χ3v) is 4.76. The molecule has 0 saturated carbocycles. The summed E-state index contributed by atoms with van der Waals surface area (Å²) >= 11 is 0. The molecule has 0 spiro atoms. The molecule has 1 unspecified atom stereocenters. The lowest BCUT2D eigenvalue weighted by Crippen LogP contribution is -2.48. The Morgan fingerprint density at radius 1 is 1.47 bits per heavy atom. The highest BCUT2D eigenvalue weighted by molar-refractivity contribution is 7.86. The maximum atomic E-state index is 12.2. The normalized spacial score (nSPS) is 20.7. The summed E-state index contributed by atoms with van der Waals surface area (Å²) in [5.41, 5.74) is 0. The first-order valence-electron chi connectivity index (χ1n) is 5.92. The van der Waals surface area contributed by atoms with Gasteiger partial charge in [0.25, 0.3) is 10.2 Å². The summed E-state index contributed by atoms with van der Waals surface area (Å²) in [6, 6.07) is -0.860. The summed E-state index contributed by atoms with van der Waals surface area (Å²) in [5.74, 6) is -1.84. The average molecular weight is 294 g/mol. The van der Waals surface area contributed by atoms with Gasteiger partial charge in [-0.05, 0) is 19.8 Å². The van der Waals surface area contributed by atoms with Gasteiger partial charge in [-0.3, -0.25) is 9.59 Å². The molecule has 1 aliphatic heterocycles. The summed E-state index contributed by atoms with van der Waals surface area (Å²) in [6.07, 6.45) is 0.933. The third-order valence-electron chi connectivity index (χ3n) is 2.81. The lowest BCUT2D eigenvalue weighted by molar-refractivity contribution is -0.146. The number of rotatable bonds is 6. The number of aliphatic carboxylic acids is 1. The third kappa shape index (κ3) is 3.64. The number of esters is 1. The largest absolute Gasteiger partial charge is 0.480 e. The van der Waals surface area contributed by atoms with Crippen LogP contribution in [0.25, 0.3) is 0 Å². The first kappa shape index (κ1) is 15.9. The van der Waals surface area contributed by atoms with Gasteiger partial charge in [0.15, 0.2) is 0 Å². The van der Waals surface area contributed by atoms with Crippen LogP contribution in [0, 0.1) is 0 Å². The Morgan fingerprint density at radius 2 is 2.11 bits per heavy atom. The first-order chi connectivity index (χ1) is 8.80. The second kappa shape index (κ2) is 6.31. The minimum Gasteiger partial charge on any atom is -0.480 e. The summed E-state index contributed by atoms with van der Waals surface area (Å²) in [7, 11) is -2.79. The molecule has 0 amide bonds. The van der Waals surface area contributed by atoms with E-state index in [2.05, 4.69) is 0 Å². The van der Waals surface area contributed by atoms with E-state index in [0.29, 0.717) is 17.1 Å². The van der Waals surface area contributed by atoms with E-state index >= 15 is 0 Å². The molecular weight excluding hydrogens is 276 g/mol. The molecule has 110 valence electrons. The molecule has 1 heterocycles. The second-order valence-corrected chi connectivity index (χ2v) is 6.17. The molecule has 1 atom stereocenters. The van der Waals surface area contributed by atoms with E-state index in [4.69, 9.17) is 9.84 Å². The highest BCUT2D eigenvalue weighted by atomic mass is 32.2. The number of nitrogens with zero attached hydrogens (tertiary/aromatic N) is 2. The van der Waals surface area contributed by atoms with Crippen molar-refractivity contribution in [2.24, 2.45) is 0 Å². The topological polar surface area (TPSA) is 104 Å². The SMILES string of the molecule is CCOC(=O)C1CCCN1S(=O)(=O)N(C)CC(=O)O. The Bertz CT molecular complexity index is 449. The molecular formula is C10H18N2O6S. The van der Waals surface area contributed by atoms with E-state index in [-0.39, 0.29) is 13.2 Å². The number of carbonyl (C=O) groups is 2. The van der Waals surface area contributed by atoms with Crippen LogP contribution in [0.1, 0.15) is 19.8 Å². The van der Waals surface area contributed by atoms with E-state index < -0.39 is 34.7 Å². The minimum absolute atomic E-state index is 0.175. The zero-order chi connectivity index (χ0) is 14.6. The van der Waals surface area contributed by atoms with Crippen molar-refractivity contribution in [1.82, 2.24) is 8.61 Å². The van der Waals surface area contributed by atoms with Gasteiger partial charge in [0.2, 0.25) is 0 Å². The van der Waals surface area contributed by atoms with Gasteiger partial charge in [0.05, 0.1) is 6.61 Å². The van der Waals surface area contributed by atoms with Gasteiger partial charge in [0.1, 0.15) is 12.6 Å². The molecule has 0 aromatic rings. The Hall–Kier alpha value is -1.19. The van der Waals surface area contributed by atoms with Crippen LogP contribution < -0.4 is 0 Å². The zero-order valence-corrected chi connectivity index (χ0v) is 11.7. The molecule has 1 rings (SSSR count). The standard InChI is InChI=1S/C10H18N2O6S/c1-3-18-10(15)8-5-4-6-12(8)19(16,17)11(2)7-9(13)14/h8H,3-7H2,1-2H3,(H,13,14). The van der Waals surface area contributed by atoms with Gasteiger partial charge in [-0.25, -0.2) is 0 Å².